The summed E-state index contributed by atoms with van der Waals surface area (Å²) >= 11 is 0. The highest BCUT2D eigenvalue weighted by Crippen LogP contribution is 2.20. The number of hydrogen-bond acceptors (Lipinski definition) is 5. The van der Waals surface area contributed by atoms with Gasteiger partial charge < -0.3 is 15.0 Å². The number of piperidine rings is 1. The summed E-state index contributed by atoms with van der Waals surface area (Å²) in [6.07, 6.45) is 1.05. The molecule has 19 heavy (non-hydrogen) atoms. The summed E-state index contributed by atoms with van der Waals surface area (Å²) in [6, 6.07) is 3.45. The van der Waals surface area contributed by atoms with Crippen LogP contribution in [0.1, 0.15) is 23.8 Å². The number of ether oxygens (including phenoxy) is 1. The van der Waals surface area contributed by atoms with Crippen molar-refractivity contribution in [1.82, 2.24) is 15.1 Å². The van der Waals surface area contributed by atoms with E-state index >= 15 is 0 Å². The van der Waals surface area contributed by atoms with Crippen LogP contribution in [0.2, 0.25) is 0 Å². The Morgan fingerprint density at radius 3 is 2.84 bits per heavy atom. The Morgan fingerprint density at radius 1 is 1.47 bits per heavy atom. The number of amides is 1. The van der Waals surface area contributed by atoms with Crippen molar-refractivity contribution < 1.29 is 9.53 Å². The summed E-state index contributed by atoms with van der Waals surface area (Å²) in [6.45, 7) is 3.51. The van der Waals surface area contributed by atoms with Crippen LogP contribution in [-0.4, -0.2) is 54.4 Å². The number of anilines is 1. The molecule has 2 rings (SSSR count). The molecule has 0 radical (unpaired) electrons. The zero-order chi connectivity index (χ0) is 13.8. The molecule has 2 heterocycles. The molecule has 1 amide bonds. The predicted molar refractivity (Wildman–Crippen MR) is 72.1 cm³/mol. The first kappa shape index (κ1) is 13.7. The zero-order valence-electron chi connectivity index (χ0n) is 11.6. The van der Waals surface area contributed by atoms with Crippen molar-refractivity contribution in [3.63, 3.8) is 0 Å². The molecule has 0 bridgehead atoms. The van der Waals surface area contributed by atoms with Crippen LogP contribution < -0.4 is 5.32 Å². The highest BCUT2D eigenvalue weighted by molar-refractivity contribution is 5.92. The molecule has 1 aromatic heterocycles. The number of rotatable bonds is 3. The second-order valence-corrected chi connectivity index (χ2v) is 4.85. The highest BCUT2D eigenvalue weighted by atomic mass is 16.5. The van der Waals surface area contributed by atoms with E-state index in [2.05, 4.69) is 22.4 Å². The number of hydrogen-bond donors (Lipinski definition) is 1. The number of carbonyl (C=O) groups is 1. The molecule has 2 atom stereocenters. The Kier molecular flexibility index (Phi) is 4.31. The molecule has 0 aliphatic carbocycles. The number of nitrogens with one attached hydrogen (secondary N) is 1. The average molecular weight is 264 g/mol. The van der Waals surface area contributed by atoms with Crippen molar-refractivity contribution in [2.24, 2.45) is 5.92 Å². The van der Waals surface area contributed by atoms with E-state index in [1.54, 1.807) is 31.2 Å². The minimum atomic E-state index is -0.0795. The summed E-state index contributed by atoms with van der Waals surface area (Å²) in [7, 11) is 3.46. The van der Waals surface area contributed by atoms with Crippen LogP contribution in [0.15, 0.2) is 12.1 Å². The summed E-state index contributed by atoms with van der Waals surface area (Å²) < 4.78 is 5.42. The van der Waals surface area contributed by atoms with E-state index in [1.165, 1.54) is 0 Å². The lowest BCUT2D eigenvalue weighted by Gasteiger charge is -2.35. The first-order valence-electron chi connectivity index (χ1n) is 6.49. The third-order valence-corrected chi connectivity index (χ3v) is 3.62. The van der Waals surface area contributed by atoms with Gasteiger partial charge in [-0.15, -0.1) is 10.2 Å². The quantitative estimate of drug-likeness (QED) is 0.882. The van der Waals surface area contributed by atoms with E-state index in [1.807, 2.05) is 0 Å². The van der Waals surface area contributed by atoms with Crippen LogP contribution >= 0.6 is 0 Å². The van der Waals surface area contributed by atoms with Crippen molar-refractivity contribution in [1.29, 1.82) is 0 Å². The fourth-order valence-corrected chi connectivity index (χ4v) is 2.27. The van der Waals surface area contributed by atoms with Crippen molar-refractivity contribution in [3.05, 3.63) is 17.8 Å². The molecular formula is C13H20N4O2. The lowest BCUT2D eigenvalue weighted by Crippen LogP contribution is -2.46. The molecule has 1 fully saturated rings. The zero-order valence-corrected chi connectivity index (χ0v) is 11.6. The van der Waals surface area contributed by atoms with Crippen LogP contribution in [0.4, 0.5) is 5.82 Å². The van der Waals surface area contributed by atoms with Gasteiger partial charge in [0, 0.05) is 27.2 Å². The number of likely N-dealkylation sites (tertiary alicyclic amines) is 1. The van der Waals surface area contributed by atoms with Gasteiger partial charge in [0.15, 0.2) is 5.69 Å². The minimum absolute atomic E-state index is 0.0795. The number of aromatic nitrogens is 2. The Labute approximate surface area is 113 Å². The lowest BCUT2D eigenvalue weighted by atomic mass is 9.95. The van der Waals surface area contributed by atoms with Crippen LogP contribution in [0.5, 0.6) is 0 Å². The van der Waals surface area contributed by atoms with E-state index in [0.717, 1.165) is 13.0 Å². The molecule has 2 unspecified atom stereocenters. The first-order chi connectivity index (χ1) is 9.15. The molecule has 104 valence electrons. The molecule has 0 spiro atoms. The Morgan fingerprint density at radius 2 is 2.26 bits per heavy atom. The van der Waals surface area contributed by atoms with Gasteiger partial charge in [-0.2, -0.15) is 0 Å². The normalized spacial score (nSPS) is 23.2. The van der Waals surface area contributed by atoms with Crippen molar-refractivity contribution in [2.45, 2.75) is 19.4 Å². The van der Waals surface area contributed by atoms with Gasteiger partial charge in [0.25, 0.3) is 5.91 Å². The maximum Gasteiger partial charge on any atom is 0.274 e. The monoisotopic (exact) mass is 264 g/mol. The standard InChI is InChI=1S/C13H20N4O2/c1-9-6-7-17(8-11(9)19-3)13(18)10-4-5-12(14-2)16-15-10/h4-5,9,11H,6-8H2,1-3H3,(H,14,16). The fraction of sp³-hybridized carbons (Fsp3) is 0.615. The van der Waals surface area contributed by atoms with Gasteiger partial charge in [-0.3, -0.25) is 4.79 Å². The first-order valence-corrected chi connectivity index (χ1v) is 6.49. The topological polar surface area (TPSA) is 67.4 Å². The second kappa shape index (κ2) is 5.97. The van der Waals surface area contributed by atoms with Crippen LogP contribution in [0.25, 0.3) is 0 Å². The summed E-state index contributed by atoms with van der Waals surface area (Å²) in [5, 5.41) is 10.8. The lowest BCUT2D eigenvalue weighted by molar-refractivity contribution is -0.00181. The summed E-state index contributed by atoms with van der Waals surface area (Å²) in [5.41, 5.74) is 0.378. The summed E-state index contributed by atoms with van der Waals surface area (Å²) in [5.74, 6) is 1.05. The molecule has 6 nitrogen and oxygen atoms in total. The van der Waals surface area contributed by atoms with Gasteiger partial charge >= 0.3 is 0 Å². The Bertz CT molecular complexity index is 435. The maximum atomic E-state index is 12.3. The van der Waals surface area contributed by atoms with Gasteiger partial charge in [-0.05, 0) is 24.5 Å². The second-order valence-electron chi connectivity index (χ2n) is 4.85. The number of methoxy groups -OCH3 is 1. The van der Waals surface area contributed by atoms with Gasteiger partial charge in [0.1, 0.15) is 5.82 Å². The third-order valence-electron chi connectivity index (χ3n) is 3.62. The fourth-order valence-electron chi connectivity index (χ4n) is 2.27. The van der Waals surface area contributed by atoms with E-state index in [-0.39, 0.29) is 12.0 Å². The SMILES string of the molecule is CNc1ccc(C(=O)N2CCC(C)C(OC)C2)nn1. The van der Waals surface area contributed by atoms with Crippen LogP contribution in [-0.2, 0) is 4.74 Å². The molecule has 0 aromatic carbocycles. The molecule has 1 N–H and O–H groups in total. The molecule has 1 aromatic rings. The van der Waals surface area contributed by atoms with E-state index in [9.17, 15) is 4.79 Å². The Balaban J connectivity index is 2.06. The molecule has 1 saturated heterocycles. The Hall–Kier alpha value is -1.69. The molecule has 1 aliphatic heterocycles. The van der Waals surface area contributed by atoms with Crippen molar-refractivity contribution >= 4 is 11.7 Å². The maximum absolute atomic E-state index is 12.3. The van der Waals surface area contributed by atoms with E-state index < -0.39 is 0 Å². The summed E-state index contributed by atoms with van der Waals surface area (Å²) in [4.78, 5) is 14.1. The van der Waals surface area contributed by atoms with Crippen LogP contribution in [0, 0.1) is 5.92 Å². The predicted octanol–water partition coefficient (Wildman–Crippen LogP) is 1.02. The molecule has 0 saturated carbocycles. The number of nitrogens with zero attached hydrogens (tertiary/aromatic N) is 3. The van der Waals surface area contributed by atoms with Crippen molar-refractivity contribution in [3.8, 4) is 0 Å². The third kappa shape index (κ3) is 3.01. The van der Waals surface area contributed by atoms with Gasteiger partial charge in [-0.25, -0.2) is 0 Å². The van der Waals surface area contributed by atoms with Crippen LogP contribution in [0.3, 0.4) is 0 Å². The minimum Gasteiger partial charge on any atom is -0.379 e. The van der Waals surface area contributed by atoms with Gasteiger partial charge in [0.05, 0.1) is 6.10 Å². The molecular weight excluding hydrogens is 244 g/mol. The van der Waals surface area contributed by atoms with E-state index in [4.69, 9.17) is 4.74 Å². The average Bonchev–Trinajstić information content (AvgIpc) is 2.47. The largest absolute Gasteiger partial charge is 0.379 e. The van der Waals surface area contributed by atoms with Gasteiger partial charge in [-0.1, -0.05) is 6.92 Å². The smallest absolute Gasteiger partial charge is 0.274 e. The number of carbonyl (C=O) groups excluding carboxylic acids is 1. The van der Waals surface area contributed by atoms with Crippen molar-refractivity contribution in [2.75, 3.05) is 32.6 Å². The molecule has 6 heteroatoms. The highest BCUT2D eigenvalue weighted by Gasteiger charge is 2.29. The van der Waals surface area contributed by atoms with Gasteiger partial charge in [0.2, 0.25) is 0 Å². The molecule has 1 aliphatic rings. The van der Waals surface area contributed by atoms with E-state index in [0.29, 0.717) is 24.0 Å².